The second-order valence-corrected chi connectivity index (χ2v) is 4.65. The van der Waals surface area contributed by atoms with Gasteiger partial charge in [0.25, 0.3) is 0 Å². The molecule has 2 heteroatoms. The quantitative estimate of drug-likeness (QED) is 0.754. The van der Waals surface area contributed by atoms with Crippen LogP contribution in [0.5, 0.6) is 0 Å². The van der Waals surface area contributed by atoms with Crippen molar-refractivity contribution in [3.8, 4) is 0 Å². The normalized spacial score (nSPS) is 26.7. The van der Waals surface area contributed by atoms with Gasteiger partial charge in [-0.25, -0.2) is 0 Å². The van der Waals surface area contributed by atoms with Crippen LogP contribution in [0.3, 0.4) is 0 Å². The SMILES string of the molecule is Cc1ccc(N2CC(C)NCC2C)cc1. The number of hydrogen-bond acceptors (Lipinski definition) is 2. The fraction of sp³-hybridized carbons (Fsp3) is 0.538. The van der Waals surface area contributed by atoms with Crippen LogP contribution in [-0.4, -0.2) is 25.2 Å². The van der Waals surface area contributed by atoms with Crippen molar-refractivity contribution < 1.29 is 0 Å². The lowest BCUT2D eigenvalue weighted by Gasteiger charge is -2.39. The highest BCUT2D eigenvalue weighted by atomic mass is 15.2. The first-order valence-electron chi connectivity index (χ1n) is 5.73. The second-order valence-electron chi connectivity index (χ2n) is 4.65. The molecule has 82 valence electrons. The molecule has 15 heavy (non-hydrogen) atoms. The van der Waals surface area contributed by atoms with Crippen LogP contribution in [-0.2, 0) is 0 Å². The molecule has 0 radical (unpaired) electrons. The van der Waals surface area contributed by atoms with E-state index in [1.807, 2.05) is 0 Å². The van der Waals surface area contributed by atoms with E-state index in [4.69, 9.17) is 0 Å². The van der Waals surface area contributed by atoms with Crippen LogP contribution in [0.4, 0.5) is 5.69 Å². The van der Waals surface area contributed by atoms with Crippen LogP contribution in [0.2, 0.25) is 0 Å². The topological polar surface area (TPSA) is 15.3 Å². The average Bonchev–Trinajstić information content (AvgIpc) is 2.23. The molecular formula is C13H20N2. The molecule has 0 aromatic heterocycles. The Morgan fingerprint density at radius 1 is 1.20 bits per heavy atom. The minimum Gasteiger partial charge on any atom is -0.366 e. The maximum atomic E-state index is 3.50. The molecule has 0 saturated carbocycles. The van der Waals surface area contributed by atoms with Crippen LogP contribution >= 0.6 is 0 Å². The minimum atomic E-state index is 0.586. The van der Waals surface area contributed by atoms with Gasteiger partial charge < -0.3 is 10.2 Å². The van der Waals surface area contributed by atoms with E-state index in [0.717, 1.165) is 13.1 Å². The monoisotopic (exact) mass is 204 g/mol. The summed E-state index contributed by atoms with van der Waals surface area (Å²) in [4.78, 5) is 2.49. The summed E-state index contributed by atoms with van der Waals surface area (Å²) in [5.41, 5.74) is 2.68. The lowest BCUT2D eigenvalue weighted by Crippen LogP contribution is -2.54. The molecule has 1 fully saturated rings. The predicted octanol–water partition coefficient (Wildman–Crippen LogP) is 2.18. The average molecular weight is 204 g/mol. The van der Waals surface area contributed by atoms with E-state index < -0.39 is 0 Å². The highest BCUT2D eigenvalue weighted by Gasteiger charge is 2.21. The molecule has 0 aliphatic carbocycles. The number of nitrogens with one attached hydrogen (secondary N) is 1. The molecule has 1 N–H and O–H groups in total. The highest BCUT2D eigenvalue weighted by molar-refractivity contribution is 5.49. The van der Waals surface area contributed by atoms with Crippen LogP contribution in [0.15, 0.2) is 24.3 Å². The maximum absolute atomic E-state index is 3.50. The van der Waals surface area contributed by atoms with Gasteiger partial charge in [0.15, 0.2) is 0 Å². The van der Waals surface area contributed by atoms with Gasteiger partial charge >= 0.3 is 0 Å². The van der Waals surface area contributed by atoms with E-state index in [2.05, 4.69) is 55.3 Å². The number of rotatable bonds is 1. The van der Waals surface area contributed by atoms with Gasteiger partial charge in [-0.15, -0.1) is 0 Å². The smallest absolute Gasteiger partial charge is 0.0387 e. The lowest BCUT2D eigenvalue weighted by molar-refractivity contribution is 0.425. The van der Waals surface area contributed by atoms with E-state index in [1.54, 1.807) is 0 Å². The number of nitrogens with zero attached hydrogens (tertiary/aromatic N) is 1. The number of anilines is 1. The maximum Gasteiger partial charge on any atom is 0.0387 e. The molecule has 2 unspecified atom stereocenters. The van der Waals surface area contributed by atoms with E-state index in [1.165, 1.54) is 11.3 Å². The molecule has 0 spiro atoms. The Kier molecular flexibility index (Phi) is 2.96. The third-order valence-electron chi connectivity index (χ3n) is 3.13. The Morgan fingerprint density at radius 3 is 2.53 bits per heavy atom. The first-order chi connectivity index (χ1) is 7.16. The van der Waals surface area contributed by atoms with Crippen LogP contribution in [0.25, 0.3) is 0 Å². The van der Waals surface area contributed by atoms with Gasteiger partial charge in [0, 0.05) is 30.9 Å². The zero-order valence-electron chi connectivity index (χ0n) is 9.83. The lowest BCUT2D eigenvalue weighted by atomic mass is 10.1. The van der Waals surface area contributed by atoms with Gasteiger partial charge in [0.1, 0.15) is 0 Å². The Morgan fingerprint density at radius 2 is 1.87 bits per heavy atom. The third-order valence-corrected chi connectivity index (χ3v) is 3.13. The van der Waals surface area contributed by atoms with Crippen molar-refractivity contribution in [2.45, 2.75) is 32.9 Å². The summed E-state index contributed by atoms with van der Waals surface area (Å²) in [6.45, 7) is 8.83. The molecule has 0 amide bonds. The molecule has 1 aliphatic rings. The van der Waals surface area contributed by atoms with E-state index in [-0.39, 0.29) is 0 Å². The third kappa shape index (κ3) is 2.32. The van der Waals surface area contributed by atoms with Gasteiger partial charge in [-0.2, -0.15) is 0 Å². The van der Waals surface area contributed by atoms with Gasteiger partial charge in [-0.05, 0) is 32.9 Å². The Hall–Kier alpha value is -1.02. The largest absolute Gasteiger partial charge is 0.366 e. The second kappa shape index (κ2) is 4.23. The zero-order chi connectivity index (χ0) is 10.8. The fourth-order valence-corrected chi connectivity index (χ4v) is 2.12. The molecule has 1 aliphatic heterocycles. The number of piperazine rings is 1. The van der Waals surface area contributed by atoms with E-state index in [9.17, 15) is 0 Å². The summed E-state index contributed by atoms with van der Waals surface area (Å²) >= 11 is 0. The molecular weight excluding hydrogens is 184 g/mol. The summed E-state index contributed by atoms with van der Waals surface area (Å²) in [5.74, 6) is 0. The van der Waals surface area contributed by atoms with Crippen molar-refractivity contribution in [2.24, 2.45) is 0 Å². The van der Waals surface area contributed by atoms with Crippen LogP contribution < -0.4 is 10.2 Å². The molecule has 2 nitrogen and oxygen atoms in total. The molecule has 2 atom stereocenters. The van der Waals surface area contributed by atoms with Crippen molar-refractivity contribution in [3.63, 3.8) is 0 Å². The summed E-state index contributed by atoms with van der Waals surface area (Å²) in [7, 11) is 0. The van der Waals surface area contributed by atoms with Crippen molar-refractivity contribution >= 4 is 5.69 Å². The molecule has 1 aromatic rings. The number of benzene rings is 1. The molecule has 1 saturated heterocycles. The summed E-state index contributed by atoms with van der Waals surface area (Å²) in [6, 6.07) is 10.0. The van der Waals surface area contributed by atoms with Gasteiger partial charge in [-0.3, -0.25) is 0 Å². The fourth-order valence-electron chi connectivity index (χ4n) is 2.12. The number of aryl methyl sites for hydroxylation is 1. The van der Waals surface area contributed by atoms with Crippen molar-refractivity contribution in [1.29, 1.82) is 0 Å². The standard InChI is InChI=1S/C13H20N2/c1-10-4-6-13(7-5-10)15-9-11(2)14-8-12(15)3/h4-7,11-12,14H,8-9H2,1-3H3. The van der Waals surface area contributed by atoms with Gasteiger partial charge in [-0.1, -0.05) is 17.7 Å². The molecule has 2 rings (SSSR count). The molecule has 0 bridgehead atoms. The van der Waals surface area contributed by atoms with Crippen molar-refractivity contribution in [2.75, 3.05) is 18.0 Å². The Labute approximate surface area is 92.3 Å². The van der Waals surface area contributed by atoms with E-state index >= 15 is 0 Å². The number of hydrogen-bond donors (Lipinski definition) is 1. The van der Waals surface area contributed by atoms with Crippen molar-refractivity contribution in [3.05, 3.63) is 29.8 Å². The minimum absolute atomic E-state index is 0.586. The first-order valence-corrected chi connectivity index (χ1v) is 5.73. The van der Waals surface area contributed by atoms with E-state index in [0.29, 0.717) is 12.1 Å². The molecule has 1 aromatic carbocycles. The summed E-state index contributed by atoms with van der Waals surface area (Å²) < 4.78 is 0. The van der Waals surface area contributed by atoms with Gasteiger partial charge in [0.2, 0.25) is 0 Å². The van der Waals surface area contributed by atoms with Crippen LogP contribution in [0, 0.1) is 6.92 Å². The zero-order valence-corrected chi connectivity index (χ0v) is 9.83. The van der Waals surface area contributed by atoms with Gasteiger partial charge in [0.05, 0.1) is 0 Å². The Balaban J connectivity index is 2.17. The summed E-state index contributed by atoms with van der Waals surface area (Å²) in [6.07, 6.45) is 0. The molecule has 1 heterocycles. The van der Waals surface area contributed by atoms with Crippen LogP contribution in [0.1, 0.15) is 19.4 Å². The first kappa shape index (κ1) is 10.5. The highest BCUT2D eigenvalue weighted by Crippen LogP contribution is 2.19. The predicted molar refractivity (Wildman–Crippen MR) is 65.5 cm³/mol. The Bertz CT molecular complexity index is 318. The summed E-state index contributed by atoms with van der Waals surface area (Å²) in [5, 5.41) is 3.50. The van der Waals surface area contributed by atoms with Crippen molar-refractivity contribution in [1.82, 2.24) is 5.32 Å².